The van der Waals surface area contributed by atoms with E-state index in [1.165, 1.54) is 0 Å². The van der Waals surface area contributed by atoms with Crippen molar-refractivity contribution in [2.45, 2.75) is 39.2 Å². The first-order valence-electron chi connectivity index (χ1n) is 5.61. The number of nitrogens with one attached hydrogen (secondary N) is 1. The Balaban J connectivity index is 0.00000256. The number of aromatic nitrogens is 1. The molecule has 5 nitrogen and oxygen atoms in total. The zero-order valence-corrected chi connectivity index (χ0v) is 11.0. The Morgan fingerprint density at radius 3 is 2.82 bits per heavy atom. The van der Waals surface area contributed by atoms with Crippen molar-refractivity contribution < 1.29 is 9.32 Å². The second kappa shape index (κ2) is 8.08. The van der Waals surface area contributed by atoms with Crippen LogP contribution in [0.5, 0.6) is 0 Å². The summed E-state index contributed by atoms with van der Waals surface area (Å²) in [5.41, 5.74) is 5.90. The van der Waals surface area contributed by atoms with Gasteiger partial charge in [0, 0.05) is 18.7 Å². The van der Waals surface area contributed by atoms with Gasteiger partial charge in [0.15, 0.2) is 5.69 Å². The van der Waals surface area contributed by atoms with Gasteiger partial charge in [-0.1, -0.05) is 24.9 Å². The van der Waals surface area contributed by atoms with E-state index in [0.717, 1.165) is 19.3 Å². The fourth-order valence-corrected chi connectivity index (χ4v) is 1.43. The lowest BCUT2D eigenvalue weighted by molar-refractivity contribution is 0.0926. The molecule has 0 fully saturated rings. The van der Waals surface area contributed by atoms with E-state index in [0.29, 0.717) is 18.0 Å². The summed E-state index contributed by atoms with van der Waals surface area (Å²) in [5.74, 6) is 0.409. The third-order valence-corrected chi connectivity index (χ3v) is 2.39. The molecule has 0 saturated heterocycles. The molecule has 0 aliphatic heterocycles. The molecule has 0 saturated carbocycles. The van der Waals surface area contributed by atoms with E-state index in [1.54, 1.807) is 13.0 Å². The highest BCUT2D eigenvalue weighted by molar-refractivity contribution is 5.92. The van der Waals surface area contributed by atoms with Crippen LogP contribution in [0, 0.1) is 6.92 Å². The molecule has 1 atom stereocenters. The highest BCUT2D eigenvalue weighted by Gasteiger charge is 2.14. The van der Waals surface area contributed by atoms with Crippen LogP contribution in [-0.4, -0.2) is 23.7 Å². The monoisotopic (exact) mass is 261 g/mol. The van der Waals surface area contributed by atoms with Gasteiger partial charge in [0.05, 0.1) is 0 Å². The predicted molar refractivity (Wildman–Crippen MR) is 68.3 cm³/mol. The first-order valence-corrected chi connectivity index (χ1v) is 5.61. The Labute approximate surface area is 108 Å². The maximum atomic E-state index is 11.7. The van der Waals surface area contributed by atoms with Crippen LogP contribution in [0.15, 0.2) is 10.6 Å². The van der Waals surface area contributed by atoms with Crippen molar-refractivity contribution in [1.82, 2.24) is 10.5 Å². The lowest BCUT2D eigenvalue weighted by Gasteiger charge is -2.15. The van der Waals surface area contributed by atoms with Crippen molar-refractivity contribution in [3.05, 3.63) is 17.5 Å². The Morgan fingerprint density at radius 1 is 1.65 bits per heavy atom. The second-order valence-electron chi connectivity index (χ2n) is 3.87. The van der Waals surface area contributed by atoms with Crippen LogP contribution in [0.4, 0.5) is 0 Å². The smallest absolute Gasteiger partial charge is 0.273 e. The fraction of sp³-hybridized carbons (Fsp3) is 0.636. The van der Waals surface area contributed by atoms with Gasteiger partial charge in [-0.2, -0.15) is 0 Å². The Hall–Kier alpha value is -1.07. The molecule has 3 N–H and O–H groups in total. The van der Waals surface area contributed by atoms with Crippen molar-refractivity contribution in [1.29, 1.82) is 0 Å². The van der Waals surface area contributed by atoms with Crippen LogP contribution >= 0.6 is 12.4 Å². The van der Waals surface area contributed by atoms with Gasteiger partial charge in [-0.3, -0.25) is 4.79 Å². The number of carbonyl (C=O) groups is 1. The lowest BCUT2D eigenvalue weighted by Crippen LogP contribution is -2.40. The van der Waals surface area contributed by atoms with Crippen molar-refractivity contribution in [3.63, 3.8) is 0 Å². The van der Waals surface area contributed by atoms with Crippen LogP contribution in [0.3, 0.4) is 0 Å². The van der Waals surface area contributed by atoms with Gasteiger partial charge in [0.1, 0.15) is 5.76 Å². The predicted octanol–water partition coefficient (Wildman–Crippen LogP) is 1.65. The third-order valence-electron chi connectivity index (χ3n) is 2.39. The van der Waals surface area contributed by atoms with Crippen molar-refractivity contribution in [2.24, 2.45) is 5.73 Å². The number of aryl methyl sites for hydroxylation is 1. The van der Waals surface area contributed by atoms with Crippen molar-refractivity contribution >= 4 is 18.3 Å². The molecule has 1 rings (SSSR count). The zero-order chi connectivity index (χ0) is 12.0. The minimum Gasteiger partial charge on any atom is -0.361 e. The maximum Gasteiger partial charge on any atom is 0.273 e. The number of carbonyl (C=O) groups excluding carboxylic acids is 1. The zero-order valence-electron chi connectivity index (χ0n) is 10.2. The lowest BCUT2D eigenvalue weighted by atomic mass is 10.1. The maximum absolute atomic E-state index is 11.7. The third kappa shape index (κ3) is 5.19. The molecule has 1 unspecified atom stereocenters. The molecule has 0 radical (unpaired) electrons. The quantitative estimate of drug-likeness (QED) is 0.816. The van der Waals surface area contributed by atoms with Crippen LogP contribution in [0.1, 0.15) is 42.4 Å². The fourth-order valence-electron chi connectivity index (χ4n) is 1.43. The summed E-state index contributed by atoms with van der Waals surface area (Å²) in [6, 6.07) is 1.63. The molecule has 17 heavy (non-hydrogen) atoms. The van der Waals surface area contributed by atoms with E-state index in [2.05, 4.69) is 17.4 Å². The van der Waals surface area contributed by atoms with E-state index in [4.69, 9.17) is 10.3 Å². The van der Waals surface area contributed by atoms with Gasteiger partial charge in [-0.25, -0.2) is 0 Å². The number of unbranched alkanes of at least 4 members (excludes halogenated alkanes) is 1. The first kappa shape index (κ1) is 15.9. The molecule has 98 valence electrons. The number of hydrogen-bond acceptors (Lipinski definition) is 4. The average molecular weight is 262 g/mol. The van der Waals surface area contributed by atoms with Crippen LogP contribution in [0.2, 0.25) is 0 Å². The molecule has 1 aromatic rings. The number of amides is 1. The normalized spacial score (nSPS) is 11.7. The minimum atomic E-state index is -0.219. The van der Waals surface area contributed by atoms with Crippen LogP contribution < -0.4 is 11.1 Å². The van der Waals surface area contributed by atoms with Gasteiger partial charge >= 0.3 is 0 Å². The molecule has 1 aromatic heterocycles. The van der Waals surface area contributed by atoms with E-state index in [1.807, 2.05) is 0 Å². The summed E-state index contributed by atoms with van der Waals surface area (Å²) < 4.78 is 4.84. The van der Waals surface area contributed by atoms with Gasteiger partial charge in [-0.05, 0) is 13.3 Å². The Morgan fingerprint density at radius 2 is 2.35 bits per heavy atom. The standard InChI is InChI=1S/C11H19N3O2.ClH/c1-3-4-5-9(7-12)13-11(15)10-6-8(2)16-14-10;/h6,9H,3-5,7,12H2,1-2H3,(H,13,15);1H. The average Bonchev–Trinajstić information content (AvgIpc) is 2.70. The Bertz CT molecular complexity index is 341. The molecule has 0 aliphatic carbocycles. The van der Waals surface area contributed by atoms with E-state index < -0.39 is 0 Å². The van der Waals surface area contributed by atoms with Crippen LogP contribution in [0.25, 0.3) is 0 Å². The number of nitrogens with zero attached hydrogens (tertiary/aromatic N) is 1. The largest absolute Gasteiger partial charge is 0.361 e. The number of nitrogens with two attached hydrogens (primary N) is 1. The highest BCUT2D eigenvalue weighted by atomic mass is 35.5. The summed E-state index contributed by atoms with van der Waals surface area (Å²) in [6.45, 7) is 4.31. The van der Waals surface area contributed by atoms with Crippen LogP contribution in [-0.2, 0) is 0 Å². The summed E-state index contributed by atoms with van der Waals surface area (Å²) in [4.78, 5) is 11.7. The molecular formula is C11H20ClN3O2. The van der Waals surface area contributed by atoms with Gasteiger partial charge in [0.25, 0.3) is 5.91 Å². The molecule has 1 heterocycles. The van der Waals surface area contributed by atoms with E-state index in [9.17, 15) is 4.79 Å². The number of rotatable bonds is 6. The highest BCUT2D eigenvalue weighted by Crippen LogP contribution is 2.04. The molecule has 0 aromatic carbocycles. The summed E-state index contributed by atoms with van der Waals surface area (Å²) >= 11 is 0. The summed E-state index contributed by atoms with van der Waals surface area (Å²) in [7, 11) is 0. The molecular weight excluding hydrogens is 242 g/mol. The summed E-state index contributed by atoms with van der Waals surface area (Å²) in [5, 5.41) is 6.50. The van der Waals surface area contributed by atoms with E-state index in [-0.39, 0.29) is 24.4 Å². The number of hydrogen-bond donors (Lipinski definition) is 2. The van der Waals surface area contributed by atoms with Crippen molar-refractivity contribution in [2.75, 3.05) is 6.54 Å². The second-order valence-corrected chi connectivity index (χ2v) is 3.87. The Kier molecular flexibility index (Phi) is 7.58. The molecule has 6 heteroatoms. The van der Waals surface area contributed by atoms with Gasteiger partial charge in [0.2, 0.25) is 0 Å². The van der Waals surface area contributed by atoms with E-state index >= 15 is 0 Å². The molecule has 0 spiro atoms. The number of halogens is 1. The molecule has 0 bridgehead atoms. The first-order chi connectivity index (χ1) is 7.67. The van der Waals surface area contributed by atoms with Gasteiger partial charge in [-0.15, -0.1) is 12.4 Å². The van der Waals surface area contributed by atoms with Gasteiger partial charge < -0.3 is 15.6 Å². The van der Waals surface area contributed by atoms with Crippen molar-refractivity contribution in [3.8, 4) is 0 Å². The summed E-state index contributed by atoms with van der Waals surface area (Å²) in [6.07, 6.45) is 3.05. The molecule has 0 aliphatic rings. The topological polar surface area (TPSA) is 81.1 Å². The molecule has 1 amide bonds. The SMILES string of the molecule is CCCCC(CN)NC(=O)c1cc(C)on1.Cl. The minimum absolute atomic E-state index is 0.